The molecule has 0 spiro atoms. The Morgan fingerprint density at radius 1 is 1.00 bits per heavy atom. The van der Waals surface area contributed by atoms with Gasteiger partial charge in [-0.3, -0.25) is 4.90 Å². The van der Waals surface area contributed by atoms with Gasteiger partial charge in [0.05, 0.1) is 5.66 Å². The fourth-order valence-corrected chi connectivity index (χ4v) is 3.33. The molecule has 0 aromatic carbocycles. The summed E-state index contributed by atoms with van der Waals surface area (Å²) in [4.78, 5) is 2.61. The van der Waals surface area contributed by atoms with Gasteiger partial charge >= 0.3 is 0 Å². The Balaban J connectivity index is 1.99. The molecule has 1 unspecified atom stereocenters. The van der Waals surface area contributed by atoms with Crippen LogP contribution in [0.5, 0.6) is 0 Å². The molecule has 2 aliphatic rings. The second-order valence-electron chi connectivity index (χ2n) is 5.65. The van der Waals surface area contributed by atoms with E-state index in [0.29, 0.717) is 0 Å². The summed E-state index contributed by atoms with van der Waals surface area (Å²) in [5.74, 6) is 0. The predicted octanol–water partition coefficient (Wildman–Crippen LogP) is 2.87. The number of nitrogens with zero attached hydrogens (tertiary/aromatic N) is 1. The lowest BCUT2D eigenvalue weighted by Crippen LogP contribution is -2.59. The smallest absolute Gasteiger partial charge is 0.0660 e. The minimum Gasteiger partial charge on any atom is -0.313 e. The first-order valence-electron chi connectivity index (χ1n) is 6.76. The second-order valence-corrected chi connectivity index (χ2v) is 5.65. The van der Waals surface area contributed by atoms with Crippen molar-refractivity contribution in [2.24, 2.45) is 5.73 Å². The zero-order valence-electron chi connectivity index (χ0n) is 10.2. The van der Waals surface area contributed by atoms with Crippen LogP contribution in [0.15, 0.2) is 0 Å². The van der Waals surface area contributed by atoms with Gasteiger partial charge in [-0.05, 0) is 39.0 Å². The van der Waals surface area contributed by atoms with Crippen LogP contribution in [0.4, 0.5) is 0 Å². The summed E-state index contributed by atoms with van der Waals surface area (Å²) < 4.78 is 0. The number of nitrogens with two attached hydrogens (primary N) is 1. The van der Waals surface area contributed by atoms with E-state index in [-0.39, 0.29) is 5.66 Å². The lowest BCUT2D eigenvalue weighted by atomic mass is 9.93. The fraction of sp³-hybridized carbons (Fsp3) is 1.00. The highest BCUT2D eigenvalue weighted by Crippen LogP contribution is 2.31. The number of hydrogen-bond donors (Lipinski definition) is 1. The van der Waals surface area contributed by atoms with Gasteiger partial charge in [0, 0.05) is 12.6 Å². The summed E-state index contributed by atoms with van der Waals surface area (Å²) >= 11 is 0. The first kappa shape index (κ1) is 11.4. The topological polar surface area (TPSA) is 29.3 Å². The minimum absolute atomic E-state index is 0.0206. The van der Waals surface area contributed by atoms with Crippen molar-refractivity contribution in [3.8, 4) is 0 Å². The van der Waals surface area contributed by atoms with Crippen LogP contribution in [0.1, 0.15) is 64.7 Å². The number of likely N-dealkylation sites (tertiary alicyclic amines) is 1. The van der Waals surface area contributed by atoms with Crippen LogP contribution in [0.2, 0.25) is 0 Å². The molecule has 1 saturated carbocycles. The van der Waals surface area contributed by atoms with Gasteiger partial charge in [0.25, 0.3) is 0 Å². The quantitative estimate of drug-likeness (QED) is 0.674. The minimum atomic E-state index is -0.0206. The van der Waals surface area contributed by atoms with E-state index in [1.54, 1.807) is 0 Å². The zero-order chi connectivity index (χ0) is 10.7. The molecule has 2 N–H and O–H groups in total. The molecular weight excluding hydrogens is 184 g/mol. The van der Waals surface area contributed by atoms with Crippen LogP contribution in [-0.2, 0) is 0 Å². The monoisotopic (exact) mass is 210 g/mol. The fourth-order valence-electron chi connectivity index (χ4n) is 3.33. The molecule has 2 nitrogen and oxygen atoms in total. The van der Waals surface area contributed by atoms with E-state index in [1.807, 2.05) is 0 Å². The molecule has 0 aromatic heterocycles. The molecule has 1 heterocycles. The Morgan fingerprint density at radius 3 is 2.27 bits per heavy atom. The molecule has 1 aliphatic heterocycles. The van der Waals surface area contributed by atoms with Crippen LogP contribution in [0.25, 0.3) is 0 Å². The van der Waals surface area contributed by atoms with Crippen LogP contribution >= 0.6 is 0 Å². The Bertz CT molecular complexity index is 193. The average Bonchev–Trinajstić information content (AvgIpc) is 2.45. The van der Waals surface area contributed by atoms with Crippen molar-refractivity contribution in [1.82, 2.24) is 4.90 Å². The van der Waals surface area contributed by atoms with Gasteiger partial charge in [-0.25, -0.2) is 0 Å². The number of hydrogen-bond acceptors (Lipinski definition) is 2. The van der Waals surface area contributed by atoms with Gasteiger partial charge in [0.1, 0.15) is 0 Å². The third-order valence-electron chi connectivity index (χ3n) is 4.25. The van der Waals surface area contributed by atoms with Crippen LogP contribution in [-0.4, -0.2) is 23.1 Å². The van der Waals surface area contributed by atoms with Gasteiger partial charge in [-0.1, -0.05) is 25.7 Å². The van der Waals surface area contributed by atoms with Crippen molar-refractivity contribution < 1.29 is 0 Å². The van der Waals surface area contributed by atoms with Gasteiger partial charge in [0.15, 0.2) is 0 Å². The van der Waals surface area contributed by atoms with E-state index in [1.165, 1.54) is 64.3 Å². The van der Waals surface area contributed by atoms with Gasteiger partial charge in [0.2, 0.25) is 0 Å². The summed E-state index contributed by atoms with van der Waals surface area (Å²) in [5.41, 5.74) is 6.41. The SMILES string of the molecule is CC1(N)CCCCN1C1CCCCCC1. The Kier molecular flexibility index (Phi) is 3.68. The first-order valence-corrected chi connectivity index (χ1v) is 6.76. The van der Waals surface area contributed by atoms with Gasteiger partial charge in [-0.2, -0.15) is 0 Å². The van der Waals surface area contributed by atoms with E-state index >= 15 is 0 Å². The van der Waals surface area contributed by atoms with Gasteiger partial charge in [-0.15, -0.1) is 0 Å². The van der Waals surface area contributed by atoms with Crippen molar-refractivity contribution in [2.75, 3.05) is 6.54 Å². The van der Waals surface area contributed by atoms with Crippen LogP contribution in [0.3, 0.4) is 0 Å². The molecular formula is C13H26N2. The summed E-state index contributed by atoms with van der Waals surface area (Å²) in [6.07, 6.45) is 12.3. The van der Waals surface area contributed by atoms with Gasteiger partial charge < -0.3 is 5.73 Å². The lowest BCUT2D eigenvalue weighted by Gasteiger charge is -2.46. The Hall–Kier alpha value is -0.0800. The van der Waals surface area contributed by atoms with Crippen LogP contribution in [0, 0.1) is 0 Å². The van der Waals surface area contributed by atoms with E-state index in [4.69, 9.17) is 5.73 Å². The molecule has 1 atom stereocenters. The first-order chi connectivity index (χ1) is 7.20. The summed E-state index contributed by atoms with van der Waals surface area (Å²) in [6, 6.07) is 0.780. The molecule has 0 aromatic rings. The third-order valence-corrected chi connectivity index (χ3v) is 4.25. The Labute approximate surface area is 94.2 Å². The molecule has 15 heavy (non-hydrogen) atoms. The largest absolute Gasteiger partial charge is 0.313 e. The maximum Gasteiger partial charge on any atom is 0.0660 e. The highest BCUT2D eigenvalue weighted by atomic mass is 15.3. The predicted molar refractivity (Wildman–Crippen MR) is 64.6 cm³/mol. The van der Waals surface area contributed by atoms with E-state index < -0.39 is 0 Å². The average molecular weight is 210 g/mol. The van der Waals surface area contributed by atoms with Crippen molar-refractivity contribution in [1.29, 1.82) is 0 Å². The normalized spacial score (nSPS) is 36.4. The standard InChI is InChI=1S/C13H26N2/c1-13(14)10-6-7-11-15(13)12-8-4-2-3-5-9-12/h12H,2-11,14H2,1H3. The molecule has 0 radical (unpaired) electrons. The molecule has 0 bridgehead atoms. The molecule has 1 aliphatic carbocycles. The summed E-state index contributed by atoms with van der Waals surface area (Å²) in [6.45, 7) is 3.47. The third kappa shape index (κ3) is 2.73. The Morgan fingerprint density at radius 2 is 1.67 bits per heavy atom. The maximum atomic E-state index is 6.43. The molecule has 2 fully saturated rings. The summed E-state index contributed by atoms with van der Waals surface area (Å²) in [5, 5.41) is 0. The number of rotatable bonds is 1. The number of piperidine rings is 1. The van der Waals surface area contributed by atoms with Crippen molar-refractivity contribution in [2.45, 2.75) is 76.4 Å². The highest BCUT2D eigenvalue weighted by Gasteiger charge is 2.34. The molecule has 88 valence electrons. The second kappa shape index (κ2) is 4.84. The zero-order valence-corrected chi connectivity index (χ0v) is 10.2. The van der Waals surface area contributed by atoms with E-state index in [0.717, 1.165) is 6.04 Å². The molecule has 2 rings (SSSR count). The van der Waals surface area contributed by atoms with Crippen molar-refractivity contribution in [3.63, 3.8) is 0 Å². The van der Waals surface area contributed by atoms with E-state index in [9.17, 15) is 0 Å². The summed E-state index contributed by atoms with van der Waals surface area (Å²) in [7, 11) is 0. The van der Waals surface area contributed by atoms with Crippen LogP contribution < -0.4 is 5.73 Å². The maximum absolute atomic E-state index is 6.43. The van der Waals surface area contributed by atoms with Crippen molar-refractivity contribution in [3.05, 3.63) is 0 Å². The highest BCUT2D eigenvalue weighted by molar-refractivity contribution is 4.89. The van der Waals surface area contributed by atoms with Crippen molar-refractivity contribution >= 4 is 0 Å². The van der Waals surface area contributed by atoms with E-state index in [2.05, 4.69) is 11.8 Å². The molecule has 2 heteroatoms. The molecule has 1 saturated heterocycles. The lowest BCUT2D eigenvalue weighted by molar-refractivity contribution is 0.0182. The molecule has 0 amide bonds.